The van der Waals surface area contributed by atoms with Gasteiger partial charge in [0.25, 0.3) is 0 Å². The predicted octanol–water partition coefficient (Wildman–Crippen LogP) is 1.94. The molecule has 0 amide bonds. The van der Waals surface area contributed by atoms with Crippen LogP contribution in [0.1, 0.15) is 5.56 Å². The number of aryl methyl sites for hydroxylation is 1. The van der Waals surface area contributed by atoms with Crippen LogP contribution in [-0.2, 0) is 0 Å². The minimum atomic E-state index is -0.304. The Morgan fingerprint density at radius 1 is 1.50 bits per heavy atom. The number of rotatable bonds is 1. The Hall–Kier alpha value is -1.05. The van der Waals surface area contributed by atoms with E-state index in [9.17, 15) is 4.39 Å². The van der Waals surface area contributed by atoms with E-state index in [1.807, 2.05) is 0 Å². The second-order valence-corrected chi connectivity index (χ2v) is 2.02. The van der Waals surface area contributed by atoms with Crippen molar-refractivity contribution < 1.29 is 9.13 Å². The van der Waals surface area contributed by atoms with E-state index in [2.05, 4.69) is 6.07 Å². The fourth-order valence-electron chi connectivity index (χ4n) is 0.712. The molecule has 0 heterocycles. The van der Waals surface area contributed by atoms with Crippen LogP contribution in [0.5, 0.6) is 5.75 Å². The number of halogens is 1. The number of ether oxygens (including phenoxy) is 1. The topological polar surface area (TPSA) is 9.23 Å². The van der Waals surface area contributed by atoms with Crippen LogP contribution in [0.15, 0.2) is 12.1 Å². The van der Waals surface area contributed by atoms with Gasteiger partial charge in [0.2, 0.25) is 0 Å². The maximum Gasteiger partial charge on any atom is 0.167 e. The molecule has 0 fully saturated rings. The third-order valence-corrected chi connectivity index (χ3v) is 1.30. The zero-order valence-corrected chi connectivity index (χ0v) is 5.94. The van der Waals surface area contributed by atoms with Crippen LogP contribution < -0.4 is 4.74 Å². The van der Waals surface area contributed by atoms with Crippen molar-refractivity contribution in [2.45, 2.75) is 6.92 Å². The molecule has 0 N–H and O–H groups in total. The van der Waals surface area contributed by atoms with E-state index in [0.717, 1.165) is 0 Å². The summed E-state index contributed by atoms with van der Waals surface area (Å²) >= 11 is 0. The lowest BCUT2D eigenvalue weighted by atomic mass is 10.2. The SMILES string of the molecule is COc1c[c]cc(C)c1F. The number of benzene rings is 1. The third-order valence-electron chi connectivity index (χ3n) is 1.30. The van der Waals surface area contributed by atoms with E-state index >= 15 is 0 Å². The van der Waals surface area contributed by atoms with Gasteiger partial charge in [0.05, 0.1) is 7.11 Å². The second-order valence-electron chi connectivity index (χ2n) is 2.02. The van der Waals surface area contributed by atoms with E-state index in [1.54, 1.807) is 13.0 Å². The fourth-order valence-corrected chi connectivity index (χ4v) is 0.712. The first-order valence-electron chi connectivity index (χ1n) is 2.96. The summed E-state index contributed by atoms with van der Waals surface area (Å²) in [4.78, 5) is 0. The molecule has 0 saturated heterocycles. The lowest BCUT2D eigenvalue weighted by Crippen LogP contribution is -1.89. The monoisotopic (exact) mass is 139 g/mol. The molecule has 0 saturated carbocycles. The third kappa shape index (κ3) is 1.10. The van der Waals surface area contributed by atoms with Gasteiger partial charge < -0.3 is 4.74 Å². The predicted molar refractivity (Wildman–Crippen MR) is 36.5 cm³/mol. The lowest BCUT2D eigenvalue weighted by molar-refractivity contribution is 0.385. The lowest BCUT2D eigenvalue weighted by Gasteiger charge is -2.01. The Morgan fingerprint density at radius 2 is 2.20 bits per heavy atom. The fraction of sp³-hybridized carbons (Fsp3) is 0.250. The van der Waals surface area contributed by atoms with Gasteiger partial charge in [0.15, 0.2) is 11.6 Å². The van der Waals surface area contributed by atoms with Gasteiger partial charge in [-0.05, 0) is 30.7 Å². The largest absolute Gasteiger partial charge is 0.494 e. The normalized spacial score (nSPS) is 9.50. The molecule has 1 radical (unpaired) electrons. The van der Waals surface area contributed by atoms with Crippen molar-refractivity contribution in [3.63, 3.8) is 0 Å². The number of hydrogen-bond acceptors (Lipinski definition) is 1. The zero-order valence-electron chi connectivity index (χ0n) is 5.94. The Bertz CT molecular complexity index is 233. The first-order valence-corrected chi connectivity index (χ1v) is 2.96. The molecule has 2 heteroatoms. The molecule has 0 aliphatic carbocycles. The maximum absolute atomic E-state index is 12.9. The summed E-state index contributed by atoms with van der Waals surface area (Å²) in [5, 5.41) is 0. The highest BCUT2D eigenvalue weighted by Crippen LogP contribution is 2.17. The highest BCUT2D eigenvalue weighted by molar-refractivity contribution is 5.29. The van der Waals surface area contributed by atoms with Gasteiger partial charge in [-0.2, -0.15) is 0 Å². The Labute approximate surface area is 59.4 Å². The molecule has 1 rings (SSSR count). The molecule has 1 nitrogen and oxygen atoms in total. The van der Waals surface area contributed by atoms with Gasteiger partial charge in [0, 0.05) is 0 Å². The van der Waals surface area contributed by atoms with Crippen molar-refractivity contribution in [2.24, 2.45) is 0 Å². The smallest absolute Gasteiger partial charge is 0.167 e. The minimum absolute atomic E-state index is 0.250. The van der Waals surface area contributed by atoms with Crippen molar-refractivity contribution in [1.29, 1.82) is 0 Å². The molecule has 0 spiro atoms. The van der Waals surface area contributed by atoms with E-state index < -0.39 is 0 Å². The van der Waals surface area contributed by atoms with Crippen molar-refractivity contribution in [2.75, 3.05) is 7.11 Å². The molecule has 1 aromatic rings. The molecular formula is C8H8FO. The Balaban J connectivity index is 3.14. The first kappa shape index (κ1) is 7.06. The molecule has 1 aromatic carbocycles. The molecule has 10 heavy (non-hydrogen) atoms. The van der Waals surface area contributed by atoms with Crippen molar-refractivity contribution >= 4 is 0 Å². The molecule has 0 unspecified atom stereocenters. The second kappa shape index (κ2) is 2.69. The molecule has 0 atom stereocenters. The average Bonchev–Trinajstić information content (AvgIpc) is 1.95. The zero-order chi connectivity index (χ0) is 7.56. The van der Waals surface area contributed by atoms with Crippen LogP contribution in [0, 0.1) is 18.8 Å². The van der Waals surface area contributed by atoms with E-state index in [4.69, 9.17) is 4.74 Å². The van der Waals surface area contributed by atoms with Crippen LogP contribution in [0.3, 0.4) is 0 Å². The van der Waals surface area contributed by atoms with E-state index in [0.29, 0.717) is 5.56 Å². The van der Waals surface area contributed by atoms with Crippen LogP contribution in [0.2, 0.25) is 0 Å². The van der Waals surface area contributed by atoms with Gasteiger partial charge in [0.1, 0.15) is 0 Å². The molecular weight excluding hydrogens is 131 g/mol. The molecule has 0 aromatic heterocycles. The number of methoxy groups -OCH3 is 1. The molecule has 0 aliphatic rings. The molecule has 0 bridgehead atoms. The summed E-state index contributed by atoms with van der Waals surface area (Å²) in [7, 11) is 1.44. The van der Waals surface area contributed by atoms with Gasteiger partial charge in [-0.15, -0.1) is 0 Å². The summed E-state index contributed by atoms with van der Waals surface area (Å²) in [5.74, 6) is -0.0544. The van der Waals surface area contributed by atoms with Crippen LogP contribution in [0.4, 0.5) is 4.39 Å². The maximum atomic E-state index is 12.9. The van der Waals surface area contributed by atoms with Gasteiger partial charge in [-0.3, -0.25) is 0 Å². The standard InChI is InChI=1S/C8H8FO/c1-6-4-3-5-7(10-2)8(6)9/h4-5H,1-2H3. The summed E-state index contributed by atoms with van der Waals surface area (Å²) in [6, 6.07) is 5.81. The van der Waals surface area contributed by atoms with Gasteiger partial charge in [-0.1, -0.05) is 0 Å². The van der Waals surface area contributed by atoms with E-state index in [-0.39, 0.29) is 11.6 Å². The summed E-state index contributed by atoms with van der Waals surface area (Å²) < 4.78 is 17.6. The minimum Gasteiger partial charge on any atom is -0.494 e. The highest BCUT2D eigenvalue weighted by Gasteiger charge is 2.02. The van der Waals surface area contributed by atoms with Gasteiger partial charge >= 0.3 is 0 Å². The average molecular weight is 139 g/mol. The highest BCUT2D eigenvalue weighted by atomic mass is 19.1. The van der Waals surface area contributed by atoms with Crippen LogP contribution in [0.25, 0.3) is 0 Å². The Morgan fingerprint density at radius 3 is 2.70 bits per heavy atom. The van der Waals surface area contributed by atoms with Crippen molar-refractivity contribution in [1.82, 2.24) is 0 Å². The molecule has 0 aliphatic heterocycles. The summed E-state index contributed by atoms with van der Waals surface area (Å²) in [5.41, 5.74) is 0.555. The van der Waals surface area contributed by atoms with E-state index in [1.165, 1.54) is 13.2 Å². The first-order chi connectivity index (χ1) is 4.75. The van der Waals surface area contributed by atoms with Crippen LogP contribution in [-0.4, -0.2) is 7.11 Å². The van der Waals surface area contributed by atoms with Gasteiger partial charge in [-0.25, -0.2) is 4.39 Å². The Kier molecular flexibility index (Phi) is 1.90. The quantitative estimate of drug-likeness (QED) is 0.577. The summed E-state index contributed by atoms with van der Waals surface area (Å²) in [6.45, 7) is 1.67. The molecule has 53 valence electrons. The number of hydrogen-bond donors (Lipinski definition) is 0. The van der Waals surface area contributed by atoms with Crippen LogP contribution >= 0.6 is 0 Å². The summed E-state index contributed by atoms with van der Waals surface area (Å²) in [6.07, 6.45) is 0. The van der Waals surface area contributed by atoms with Crippen molar-refractivity contribution in [3.8, 4) is 5.75 Å². The van der Waals surface area contributed by atoms with Crippen molar-refractivity contribution in [3.05, 3.63) is 29.6 Å².